The highest BCUT2D eigenvalue weighted by molar-refractivity contribution is 5.93. The van der Waals surface area contributed by atoms with Crippen molar-refractivity contribution in [2.24, 2.45) is 5.41 Å². The smallest absolute Gasteiger partial charge is 0.269 e. The van der Waals surface area contributed by atoms with Gasteiger partial charge in [0, 0.05) is 50.1 Å². The molecule has 1 fully saturated rings. The van der Waals surface area contributed by atoms with E-state index in [1.165, 1.54) is 42.2 Å². The molecule has 1 heterocycles. The Bertz CT molecular complexity index is 1300. The fourth-order valence-electron chi connectivity index (χ4n) is 5.48. The standard InChI is InChI=1S/C33H44N4O5/c1-24(11-16-29-26(3)10-7-17-33(29,4)5)8-6-9-25(2)22-31(39)34-30(23-38)32(40)36-20-18-35(19-21-36)27-12-14-28(15-13-27)37(41)42/h6,8-9,11-16,22,30,38H,7,10,17-21,23H2,1-5H3,(H,34,39). The first kappa shape index (κ1) is 32.5. The zero-order chi connectivity index (χ0) is 30.9. The minimum absolute atomic E-state index is 0.0276. The first-order valence-electron chi connectivity index (χ1n) is 14.5. The fourth-order valence-corrected chi connectivity index (χ4v) is 5.48. The van der Waals surface area contributed by atoms with Gasteiger partial charge in [-0.15, -0.1) is 0 Å². The molecular weight excluding hydrogens is 532 g/mol. The Morgan fingerprint density at radius 3 is 2.36 bits per heavy atom. The molecule has 0 aromatic heterocycles. The van der Waals surface area contributed by atoms with Gasteiger partial charge in [0.25, 0.3) is 5.69 Å². The second kappa shape index (κ2) is 14.8. The van der Waals surface area contributed by atoms with Crippen molar-refractivity contribution in [2.75, 3.05) is 37.7 Å². The van der Waals surface area contributed by atoms with Crippen LogP contribution in [0.2, 0.25) is 0 Å². The molecule has 2 N–H and O–H groups in total. The summed E-state index contributed by atoms with van der Waals surface area (Å²) in [6, 6.07) is 5.27. The third-order valence-electron chi connectivity index (χ3n) is 7.95. The van der Waals surface area contributed by atoms with Crippen LogP contribution in [0, 0.1) is 15.5 Å². The molecule has 2 amide bonds. The van der Waals surface area contributed by atoms with Crippen molar-refractivity contribution >= 4 is 23.2 Å². The van der Waals surface area contributed by atoms with Gasteiger partial charge in [-0.25, -0.2) is 0 Å². The van der Waals surface area contributed by atoms with Crippen molar-refractivity contribution in [1.29, 1.82) is 0 Å². The zero-order valence-corrected chi connectivity index (χ0v) is 25.4. The molecule has 1 aromatic carbocycles. The van der Waals surface area contributed by atoms with Gasteiger partial charge in [-0.05, 0) is 68.7 Å². The Morgan fingerprint density at radius 1 is 1.10 bits per heavy atom. The third kappa shape index (κ3) is 9.01. The summed E-state index contributed by atoms with van der Waals surface area (Å²) in [4.78, 5) is 39.7. The Hall–Kier alpha value is -3.98. The van der Waals surface area contributed by atoms with Crippen molar-refractivity contribution in [3.05, 3.63) is 93.1 Å². The van der Waals surface area contributed by atoms with Crippen LogP contribution < -0.4 is 10.2 Å². The maximum absolute atomic E-state index is 13.0. The van der Waals surface area contributed by atoms with E-state index in [1.807, 2.05) is 30.1 Å². The SMILES string of the molecule is CC(C=CC1=C(C)CCCC1(C)C)=CC=CC(C)=CC(=O)NC(CO)C(=O)N1CCN(c2ccc([N+](=O)[O-])cc2)CC1. The molecule has 0 radical (unpaired) electrons. The topological polar surface area (TPSA) is 116 Å². The van der Waals surface area contributed by atoms with Crippen LogP contribution in [-0.4, -0.2) is 65.6 Å². The van der Waals surface area contributed by atoms with Crippen LogP contribution in [0.1, 0.15) is 53.9 Å². The molecule has 0 saturated carbocycles. The lowest BCUT2D eigenvalue weighted by Crippen LogP contribution is -2.56. The van der Waals surface area contributed by atoms with E-state index in [-0.39, 0.29) is 17.0 Å². The number of amides is 2. The molecule has 9 heteroatoms. The highest BCUT2D eigenvalue weighted by atomic mass is 16.6. The molecule has 1 aromatic rings. The van der Waals surface area contributed by atoms with E-state index in [0.29, 0.717) is 31.8 Å². The van der Waals surface area contributed by atoms with Gasteiger partial charge in [0.2, 0.25) is 11.8 Å². The van der Waals surface area contributed by atoms with Crippen molar-refractivity contribution in [3.8, 4) is 0 Å². The van der Waals surface area contributed by atoms with E-state index in [2.05, 4.69) is 38.2 Å². The van der Waals surface area contributed by atoms with E-state index in [0.717, 1.165) is 17.7 Å². The third-order valence-corrected chi connectivity index (χ3v) is 7.95. The molecule has 0 bridgehead atoms. The van der Waals surface area contributed by atoms with Crippen LogP contribution >= 0.6 is 0 Å². The number of non-ortho nitro benzene ring substituents is 1. The molecule has 1 aliphatic carbocycles. The lowest BCUT2D eigenvalue weighted by atomic mass is 9.72. The summed E-state index contributed by atoms with van der Waals surface area (Å²) in [7, 11) is 0. The number of hydrogen-bond donors (Lipinski definition) is 2. The number of aliphatic hydroxyl groups is 1. The molecule has 9 nitrogen and oxygen atoms in total. The first-order valence-corrected chi connectivity index (χ1v) is 14.5. The number of nitro groups is 1. The van der Waals surface area contributed by atoms with Gasteiger partial charge in [0.1, 0.15) is 6.04 Å². The summed E-state index contributed by atoms with van der Waals surface area (Å²) in [6.07, 6.45) is 15.1. The normalized spacial score (nSPS) is 19.0. The number of hydrogen-bond acceptors (Lipinski definition) is 6. The quantitative estimate of drug-likeness (QED) is 0.170. The lowest BCUT2D eigenvalue weighted by Gasteiger charge is -2.37. The molecule has 1 aliphatic heterocycles. The van der Waals surface area contributed by atoms with Crippen LogP contribution in [0.3, 0.4) is 0 Å². The zero-order valence-electron chi connectivity index (χ0n) is 25.4. The number of nitrogens with one attached hydrogen (secondary N) is 1. The Morgan fingerprint density at radius 2 is 1.76 bits per heavy atom. The summed E-state index contributed by atoms with van der Waals surface area (Å²) in [5.74, 6) is -0.788. The van der Waals surface area contributed by atoms with Gasteiger partial charge in [0.15, 0.2) is 0 Å². The number of nitrogens with zero attached hydrogens (tertiary/aromatic N) is 3. The lowest BCUT2D eigenvalue weighted by molar-refractivity contribution is -0.384. The van der Waals surface area contributed by atoms with Gasteiger partial charge < -0.3 is 20.2 Å². The van der Waals surface area contributed by atoms with Gasteiger partial charge in [-0.1, -0.05) is 55.4 Å². The summed E-state index contributed by atoms with van der Waals surface area (Å²) in [5.41, 5.74) is 5.75. The minimum Gasteiger partial charge on any atom is -0.394 e. The number of allylic oxidation sites excluding steroid dienone is 9. The van der Waals surface area contributed by atoms with Crippen LogP contribution in [0.15, 0.2) is 83.0 Å². The average Bonchev–Trinajstić information content (AvgIpc) is 2.95. The molecule has 2 aliphatic rings. The van der Waals surface area contributed by atoms with Crippen molar-refractivity contribution in [1.82, 2.24) is 10.2 Å². The second-order valence-corrected chi connectivity index (χ2v) is 11.8. The highest BCUT2D eigenvalue weighted by Gasteiger charge is 2.28. The number of carbonyl (C=O) groups excluding carboxylic acids is 2. The van der Waals surface area contributed by atoms with Crippen molar-refractivity contribution in [3.63, 3.8) is 0 Å². The molecule has 226 valence electrons. The Labute approximate surface area is 249 Å². The number of anilines is 1. The summed E-state index contributed by atoms with van der Waals surface area (Å²) in [6.45, 7) is 12.1. The predicted octanol–water partition coefficient (Wildman–Crippen LogP) is 5.25. The van der Waals surface area contributed by atoms with Gasteiger partial charge in [-0.2, -0.15) is 0 Å². The van der Waals surface area contributed by atoms with E-state index < -0.39 is 23.5 Å². The number of nitro benzene ring substituents is 1. The van der Waals surface area contributed by atoms with Crippen LogP contribution in [0.4, 0.5) is 11.4 Å². The average molecular weight is 577 g/mol. The van der Waals surface area contributed by atoms with Gasteiger partial charge >= 0.3 is 0 Å². The summed E-state index contributed by atoms with van der Waals surface area (Å²) >= 11 is 0. The molecule has 0 spiro atoms. The van der Waals surface area contributed by atoms with E-state index in [4.69, 9.17) is 0 Å². The second-order valence-electron chi connectivity index (χ2n) is 11.8. The summed E-state index contributed by atoms with van der Waals surface area (Å²) in [5, 5.41) is 23.3. The number of aliphatic hydroxyl groups excluding tert-OH is 1. The van der Waals surface area contributed by atoms with Crippen molar-refractivity contribution < 1.29 is 19.6 Å². The monoisotopic (exact) mass is 576 g/mol. The van der Waals surface area contributed by atoms with Gasteiger partial charge in [0.05, 0.1) is 11.5 Å². The molecule has 1 atom stereocenters. The molecule has 1 saturated heterocycles. The maximum atomic E-state index is 13.0. The van der Waals surface area contributed by atoms with Crippen LogP contribution in [0.5, 0.6) is 0 Å². The minimum atomic E-state index is -1.04. The molecular formula is C33H44N4O5. The maximum Gasteiger partial charge on any atom is 0.269 e. The summed E-state index contributed by atoms with van der Waals surface area (Å²) < 4.78 is 0. The Kier molecular flexibility index (Phi) is 11.4. The predicted molar refractivity (Wildman–Crippen MR) is 167 cm³/mol. The first-order chi connectivity index (χ1) is 19.9. The molecule has 1 unspecified atom stereocenters. The van der Waals surface area contributed by atoms with E-state index in [1.54, 1.807) is 24.0 Å². The Balaban J connectivity index is 1.51. The van der Waals surface area contributed by atoms with Crippen molar-refractivity contribution in [2.45, 2.75) is 59.9 Å². The number of piperazine rings is 1. The number of rotatable bonds is 10. The van der Waals surface area contributed by atoms with E-state index >= 15 is 0 Å². The fraction of sp³-hybridized carbons (Fsp3) is 0.455. The largest absolute Gasteiger partial charge is 0.394 e. The molecule has 3 rings (SSSR count). The highest BCUT2D eigenvalue weighted by Crippen LogP contribution is 2.40. The van der Waals surface area contributed by atoms with Crippen LogP contribution in [-0.2, 0) is 9.59 Å². The van der Waals surface area contributed by atoms with Gasteiger partial charge in [-0.3, -0.25) is 19.7 Å². The molecule has 42 heavy (non-hydrogen) atoms. The number of carbonyl (C=O) groups is 2. The number of benzene rings is 1. The van der Waals surface area contributed by atoms with Crippen LogP contribution in [0.25, 0.3) is 0 Å². The van der Waals surface area contributed by atoms with E-state index in [9.17, 15) is 24.8 Å².